The van der Waals surface area contributed by atoms with Crippen LogP contribution in [-0.4, -0.2) is 31.0 Å². The molecule has 14 heavy (non-hydrogen) atoms. The Balaban J connectivity index is 2.74. The number of hydrogen-bond acceptors (Lipinski definition) is 1. The Hall–Kier alpha value is -1.38. The van der Waals surface area contributed by atoms with Gasteiger partial charge >= 0.3 is 0 Å². The van der Waals surface area contributed by atoms with Gasteiger partial charge in [-0.3, -0.25) is 5.41 Å². The summed E-state index contributed by atoms with van der Waals surface area (Å²) in [5.74, 6) is 0.364. The molecule has 0 saturated heterocycles. The van der Waals surface area contributed by atoms with Crippen molar-refractivity contribution in [3.8, 4) is 0 Å². The van der Waals surface area contributed by atoms with E-state index >= 15 is 0 Å². The number of aryl methyl sites for hydroxylation is 1. The topological polar surface area (TPSA) is 27.1 Å². The van der Waals surface area contributed by atoms with E-state index in [1.807, 2.05) is 31.2 Å². The molecule has 1 aromatic carbocycles. The Morgan fingerprint density at radius 2 is 1.93 bits per heavy atom. The van der Waals surface area contributed by atoms with Crippen LogP contribution in [0.4, 0.5) is 4.39 Å². The summed E-state index contributed by atoms with van der Waals surface area (Å²) >= 11 is 0. The van der Waals surface area contributed by atoms with Gasteiger partial charge in [0, 0.05) is 19.2 Å². The number of rotatable bonds is 3. The molecular weight excluding hydrogens is 179 g/mol. The molecule has 0 aliphatic rings. The van der Waals surface area contributed by atoms with Gasteiger partial charge in [-0.25, -0.2) is 4.39 Å². The van der Waals surface area contributed by atoms with Crippen molar-refractivity contribution in [1.29, 1.82) is 5.41 Å². The van der Waals surface area contributed by atoms with Crippen molar-refractivity contribution >= 4 is 5.84 Å². The van der Waals surface area contributed by atoms with E-state index in [-0.39, 0.29) is 6.54 Å². The second-order valence-corrected chi connectivity index (χ2v) is 3.33. The van der Waals surface area contributed by atoms with Gasteiger partial charge < -0.3 is 4.90 Å². The Morgan fingerprint density at radius 1 is 1.36 bits per heavy atom. The lowest BCUT2D eigenvalue weighted by Gasteiger charge is -2.18. The molecule has 1 N–H and O–H groups in total. The Labute approximate surface area is 83.9 Å². The number of halogens is 1. The lowest BCUT2D eigenvalue weighted by molar-refractivity contribution is 0.395. The summed E-state index contributed by atoms with van der Waals surface area (Å²) in [5, 5.41) is 7.77. The van der Waals surface area contributed by atoms with Crippen LogP contribution in [-0.2, 0) is 0 Å². The average molecular weight is 194 g/mol. The van der Waals surface area contributed by atoms with E-state index in [9.17, 15) is 4.39 Å². The summed E-state index contributed by atoms with van der Waals surface area (Å²) in [4.78, 5) is 1.60. The van der Waals surface area contributed by atoms with Gasteiger partial charge in [-0.05, 0) is 6.92 Å². The summed E-state index contributed by atoms with van der Waals surface area (Å²) in [6, 6.07) is 7.67. The number of benzene rings is 1. The van der Waals surface area contributed by atoms with Gasteiger partial charge in [-0.2, -0.15) is 0 Å². The standard InChI is InChI=1S/C11H15FN2/c1-9-3-5-10(6-4-9)11(13)14(2)8-7-12/h3-6,13H,7-8H2,1-2H3. The van der Waals surface area contributed by atoms with Crippen LogP contribution in [0.2, 0.25) is 0 Å². The maximum atomic E-state index is 12.0. The molecule has 0 aliphatic carbocycles. The molecule has 1 aromatic rings. The summed E-state index contributed by atoms with van der Waals surface area (Å²) < 4.78 is 12.0. The minimum atomic E-state index is -0.426. The van der Waals surface area contributed by atoms with E-state index in [1.165, 1.54) is 0 Å². The molecular formula is C11H15FN2. The molecule has 0 atom stereocenters. The number of hydrogen-bond donors (Lipinski definition) is 1. The monoisotopic (exact) mass is 194 g/mol. The quantitative estimate of drug-likeness (QED) is 0.579. The highest BCUT2D eigenvalue weighted by molar-refractivity contribution is 5.96. The Kier molecular flexibility index (Phi) is 3.63. The summed E-state index contributed by atoms with van der Waals surface area (Å²) in [7, 11) is 1.72. The van der Waals surface area contributed by atoms with Crippen LogP contribution >= 0.6 is 0 Å². The smallest absolute Gasteiger partial charge is 0.127 e. The first kappa shape index (κ1) is 10.7. The van der Waals surface area contributed by atoms with E-state index < -0.39 is 6.67 Å². The van der Waals surface area contributed by atoms with Crippen LogP contribution < -0.4 is 0 Å². The lowest BCUT2D eigenvalue weighted by atomic mass is 10.1. The molecule has 2 nitrogen and oxygen atoms in total. The van der Waals surface area contributed by atoms with Crippen LogP contribution in [0.5, 0.6) is 0 Å². The molecule has 1 rings (SSSR count). The third-order valence-corrected chi connectivity index (χ3v) is 2.13. The number of amidine groups is 1. The van der Waals surface area contributed by atoms with Crippen molar-refractivity contribution in [2.75, 3.05) is 20.3 Å². The Bertz CT molecular complexity index is 306. The molecule has 0 spiro atoms. The van der Waals surface area contributed by atoms with Gasteiger partial charge in [-0.1, -0.05) is 29.8 Å². The van der Waals surface area contributed by atoms with Crippen LogP contribution in [0.1, 0.15) is 11.1 Å². The van der Waals surface area contributed by atoms with Crippen molar-refractivity contribution in [2.45, 2.75) is 6.92 Å². The van der Waals surface area contributed by atoms with E-state index in [1.54, 1.807) is 11.9 Å². The molecule has 0 aliphatic heterocycles. The van der Waals surface area contributed by atoms with Gasteiger partial charge in [0.05, 0.1) is 0 Å². The van der Waals surface area contributed by atoms with E-state index in [4.69, 9.17) is 5.41 Å². The molecule has 0 unspecified atom stereocenters. The summed E-state index contributed by atoms with van der Waals surface area (Å²) in [5.41, 5.74) is 1.99. The van der Waals surface area contributed by atoms with Crippen molar-refractivity contribution in [1.82, 2.24) is 4.90 Å². The van der Waals surface area contributed by atoms with Crippen LogP contribution in [0.3, 0.4) is 0 Å². The average Bonchev–Trinajstić information content (AvgIpc) is 2.18. The molecule has 76 valence electrons. The highest BCUT2D eigenvalue weighted by Crippen LogP contribution is 2.05. The maximum Gasteiger partial charge on any atom is 0.127 e. The van der Waals surface area contributed by atoms with Gasteiger partial charge in [0.2, 0.25) is 0 Å². The highest BCUT2D eigenvalue weighted by Gasteiger charge is 2.05. The van der Waals surface area contributed by atoms with Gasteiger partial charge in [0.15, 0.2) is 0 Å². The van der Waals surface area contributed by atoms with Crippen LogP contribution in [0.25, 0.3) is 0 Å². The van der Waals surface area contributed by atoms with E-state index in [0.29, 0.717) is 5.84 Å². The first-order valence-corrected chi connectivity index (χ1v) is 4.58. The van der Waals surface area contributed by atoms with Crippen molar-refractivity contribution < 1.29 is 4.39 Å². The summed E-state index contributed by atoms with van der Waals surface area (Å²) in [6.07, 6.45) is 0. The van der Waals surface area contributed by atoms with Crippen LogP contribution in [0.15, 0.2) is 24.3 Å². The molecule has 0 heterocycles. The predicted octanol–water partition coefficient (Wildman–Crippen LogP) is 2.22. The first-order chi connectivity index (χ1) is 6.65. The summed E-state index contributed by atoms with van der Waals surface area (Å²) in [6.45, 7) is 1.84. The van der Waals surface area contributed by atoms with Crippen molar-refractivity contribution in [3.05, 3.63) is 35.4 Å². The van der Waals surface area contributed by atoms with E-state index in [2.05, 4.69) is 0 Å². The van der Waals surface area contributed by atoms with Crippen molar-refractivity contribution in [3.63, 3.8) is 0 Å². The third kappa shape index (κ3) is 2.55. The molecule has 3 heteroatoms. The fourth-order valence-electron chi connectivity index (χ4n) is 1.17. The predicted molar refractivity (Wildman–Crippen MR) is 56.6 cm³/mol. The molecule has 0 bridgehead atoms. The zero-order valence-electron chi connectivity index (χ0n) is 8.55. The zero-order valence-corrected chi connectivity index (χ0v) is 8.55. The molecule has 0 radical (unpaired) electrons. The SMILES string of the molecule is Cc1ccc(C(=N)N(C)CCF)cc1. The normalized spacial score (nSPS) is 9.93. The zero-order chi connectivity index (χ0) is 10.6. The van der Waals surface area contributed by atoms with Gasteiger partial charge in [0.1, 0.15) is 12.5 Å². The van der Waals surface area contributed by atoms with Gasteiger partial charge in [0.25, 0.3) is 0 Å². The fourth-order valence-corrected chi connectivity index (χ4v) is 1.17. The van der Waals surface area contributed by atoms with Crippen molar-refractivity contribution in [2.24, 2.45) is 0 Å². The molecule has 0 fully saturated rings. The minimum absolute atomic E-state index is 0.271. The number of nitrogens with zero attached hydrogens (tertiary/aromatic N) is 1. The number of nitrogens with one attached hydrogen (secondary N) is 1. The fraction of sp³-hybridized carbons (Fsp3) is 0.364. The largest absolute Gasteiger partial charge is 0.357 e. The molecule has 0 amide bonds. The van der Waals surface area contributed by atoms with Crippen LogP contribution in [0, 0.1) is 12.3 Å². The molecule has 0 aromatic heterocycles. The second kappa shape index (κ2) is 4.74. The number of alkyl halides is 1. The first-order valence-electron chi connectivity index (χ1n) is 4.58. The molecule has 0 saturated carbocycles. The van der Waals surface area contributed by atoms with Gasteiger partial charge in [-0.15, -0.1) is 0 Å². The third-order valence-electron chi connectivity index (χ3n) is 2.13. The lowest BCUT2D eigenvalue weighted by Crippen LogP contribution is -2.28. The maximum absolute atomic E-state index is 12.0. The highest BCUT2D eigenvalue weighted by atomic mass is 19.1. The van der Waals surface area contributed by atoms with E-state index in [0.717, 1.165) is 11.1 Å². The Morgan fingerprint density at radius 3 is 2.43 bits per heavy atom. The minimum Gasteiger partial charge on any atom is -0.357 e. The second-order valence-electron chi connectivity index (χ2n) is 3.33.